The van der Waals surface area contributed by atoms with Gasteiger partial charge in [-0.05, 0) is 54.5 Å². The van der Waals surface area contributed by atoms with Crippen LogP contribution < -0.4 is 5.32 Å². The maximum Gasteiger partial charge on any atom is 0.317 e. The Morgan fingerprint density at radius 1 is 1.16 bits per heavy atom. The van der Waals surface area contributed by atoms with E-state index in [4.69, 9.17) is 0 Å². The summed E-state index contributed by atoms with van der Waals surface area (Å²) in [6.07, 6.45) is 3.88. The SMILES string of the molecule is CCNC(=O)N1CCC[C@@H](C(=O)c2ccc3c4c(cccc24)CC3)C1. The van der Waals surface area contributed by atoms with Crippen LogP contribution in [0.3, 0.4) is 0 Å². The lowest BCUT2D eigenvalue weighted by Crippen LogP contribution is -2.47. The number of aryl methyl sites for hydroxylation is 2. The quantitative estimate of drug-likeness (QED) is 0.871. The van der Waals surface area contributed by atoms with Crippen LogP contribution in [0.5, 0.6) is 0 Å². The molecule has 1 heterocycles. The predicted molar refractivity (Wildman–Crippen MR) is 99.1 cm³/mol. The Hall–Kier alpha value is -2.36. The Labute approximate surface area is 148 Å². The van der Waals surface area contributed by atoms with E-state index in [0.717, 1.165) is 43.2 Å². The fourth-order valence-corrected chi connectivity index (χ4v) is 4.32. The summed E-state index contributed by atoms with van der Waals surface area (Å²) >= 11 is 0. The standard InChI is InChI=1S/C21H24N2O2/c1-2-22-21(25)23-12-4-6-16(13-23)20(24)18-11-10-15-9-8-14-5-3-7-17(18)19(14)15/h3,5,7,10-11,16H,2,4,6,8-9,12-13H2,1H3,(H,22,25)/t16-/m1/s1. The lowest BCUT2D eigenvalue weighted by molar-refractivity contribution is 0.0848. The fourth-order valence-electron chi connectivity index (χ4n) is 4.32. The van der Waals surface area contributed by atoms with E-state index in [1.807, 2.05) is 13.0 Å². The van der Waals surface area contributed by atoms with Crippen LogP contribution in [-0.4, -0.2) is 36.3 Å². The number of rotatable bonds is 3. The number of carbonyl (C=O) groups is 2. The minimum absolute atomic E-state index is 0.0552. The average molecular weight is 336 g/mol. The summed E-state index contributed by atoms with van der Waals surface area (Å²) in [5.74, 6) is 0.0828. The smallest absolute Gasteiger partial charge is 0.317 e. The van der Waals surface area contributed by atoms with Crippen molar-refractivity contribution in [1.29, 1.82) is 0 Å². The number of carbonyl (C=O) groups excluding carboxylic acids is 2. The molecule has 0 aromatic heterocycles. The van der Waals surface area contributed by atoms with Gasteiger partial charge in [0, 0.05) is 31.1 Å². The molecule has 1 aliphatic heterocycles. The number of urea groups is 1. The Balaban J connectivity index is 1.63. The molecular formula is C21H24N2O2. The topological polar surface area (TPSA) is 49.4 Å². The van der Waals surface area contributed by atoms with Crippen molar-refractivity contribution in [3.8, 4) is 0 Å². The molecule has 1 atom stereocenters. The summed E-state index contributed by atoms with van der Waals surface area (Å²) in [4.78, 5) is 27.1. The van der Waals surface area contributed by atoms with Gasteiger partial charge in [0.2, 0.25) is 0 Å². The third kappa shape index (κ3) is 2.80. The molecule has 0 bridgehead atoms. The number of amides is 2. The summed E-state index contributed by atoms with van der Waals surface area (Å²) in [6.45, 7) is 3.78. The first-order valence-electron chi connectivity index (χ1n) is 9.29. The molecule has 0 unspecified atom stereocenters. The average Bonchev–Trinajstić information content (AvgIpc) is 3.07. The van der Waals surface area contributed by atoms with Crippen LogP contribution in [0.4, 0.5) is 4.79 Å². The molecular weight excluding hydrogens is 312 g/mol. The molecule has 2 amide bonds. The molecule has 2 aromatic carbocycles. The summed E-state index contributed by atoms with van der Waals surface area (Å²) in [7, 11) is 0. The van der Waals surface area contributed by atoms with Crippen LogP contribution >= 0.6 is 0 Å². The maximum absolute atomic E-state index is 13.2. The molecule has 0 spiro atoms. The number of benzene rings is 2. The lowest BCUT2D eigenvalue weighted by Gasteiger charge is -2.32. The van der Waals surface area contributed by atoms with Crippen molar-refractivity contribution in [2.45, 2.75) is 32.6 Å². The summed E-state index contributed by atoms with van der Waals surface area (Å²) in [6, 6.07) is 10.4. The normalized spacial score (nSPS) is 19.2. The van der Waals surface area contributed by atoms with Crippen molar-refractivity contribution >= 4 is 22.6 Å². The van der Waals surface area contributed by atoms with E-state index in [9.17, 15) is 9.59 Å². The van der Waals surface area contributed by atoms with Crippen LogP contribution in [0, 0.1) is 5.92 Å². The Morgan fingerprint density at radius 3 is 2.76 bits per heavy atom. The number of likely N-dealkylation sites (tertiary alicyclic amines) is 1. The Morgan fingerprint density at radius 2 is 1.96 bits per heavy atom. The molecule has 4 rings (SSSR count). The van der Waals surface area contributed by atoms with Gasteiger partial charge in [0.25, 0.3) is 0 Å². The first-order chi connectivity index (χ1) is 12.2. The van der Waals surface area contributed by atoms with Gasteiger partial charge in [0.15, 0.2) is 5.78 Å². The van der Waals surface area contributed by atoms with Gasteiger partial charge < -0.3 is 10.2 Å². The van der Waals surface area contributed by atoms with Crippen LogP contribution in [0.25, 0.3) is 10.8 Å². The molecule has 25 heavy (non-hydrogen) atoms. The number of hydrogen-bond acceptors (Lipinski definition) is 2. The molecule has 2 aromatic rings. The van der Waals surface area contributed by atoms with Gasteiger partial charge in [-0.3, -0.25) is 4.79 Å². The highest BCUT2D eigenvalue weighted by atomic mass is 16.2. The first kappa shape index (κ1) is 16.1. The van der Waals surface area contributed by atoms with E-state index in [-0.39, 0.29) is 17.7 Å². The zero-order chi connectivity index (χ0) is 17.4. The summed E-state index contributed by atoms with van der Waals surface area (Å²) in [5, 5.41) is 5.22. The highest BCUT2D eigenvalue weighted by molar-refractivity contribution is 6.11. The van der Waals surface area contributed by atoms with Gasteiger partial charge in [-0.1, -0.05) is 30.3 Å². The number of nitrogens with one attached hydrogen (secondary N) is 1. The van der Waals surface area contributed by atoms with Gasteiger partial charge in [-0.15, -0.1) is 0 Å². The Kier molecular flexibility index (Phi) is 4.20. The molecule has 1 saturated heterocycles. The van der Waals surface area contributed by atoms with E-state index in [2.05, 4.69) is 29.6 Å². The molecule has 1 fully saturated rings. The van der Waals surface area contributed by atoms with Gasteiger partial charge in [0.1, 0.15) is 0 Å². The second-order valence-corrected chi connectivity index (χ2v) is 7.10. The van der Waals surface area contributed by atoms with E-state index >= 15 is 0 Å². The number of hydrogen-bond donors (Lipinski definition) is 1. The van der Waals surface area contributed by atoms with E-state index in [1.165, 1.54) is 16.5 Å². The van der Waals surface area contributed by atoms with Crippen molar-refractivity contribution in [2.24, 2.45) is 5.92 Å². The van der Waals surface area contributed by atoms with Crippen molar-refractivity contribution in [2.75, 3.05) is 19.6 Å². The minimum atomic E-state index is -0.102. The molecule has 4 heteroatoms. The molecule has 1 N–H and O–H groups in total. The largest absolute Gasteiger partial charge is 0.338 e. The van der Waals surface area contributed by atoms with Crippen molar-refractivity contribution in [1.82, 2.24) is 10.2 Å². The summed E-state index contributed by atoms with van der Waals surface area (Å²) < 4.78 is 0. The van der Waals surface area contributed by atoms with Crippen molar-refractivity contribution < 1.29 is 9.59 Å². The molecule has 0 radical (unpaired) electrons. The number of piperidine rings is 1. The van der Waals surface area contributed by atoms with Gasteiger partial charge in [-0.2, -0.15) is 0 Å². The molecule has 4 nitrogen and oxygen atoms in total. The third-order valence-corrected chi connectivity index (χ3v) is 5.55. The highest BCUT2D eigenvalue weighted by Gasteiger charge is 2.30. The summed E-state index contributed by atoms with van der Waals surface area (Å²) in [5.41, 5.74) is 3.54. The fraction of sp³-hybridized carbons (Fsp3) is 0.429. The zero-order valence-corrected chi connectivity index (χ0v) is 14.7. The van der Waals surface area contributed by atoms with E-state index in [0.29, 0.717) is 13.1 Å². The predicted octanol–water partition coefficient (Wildman–Crippen LogP) is 3.56. The number of ketones is 1. The Bertz CT molecular complexity index is 833. The molecule has 2 aliphatic rings. The van der Waals surface area contributed by atoms with Crippen LogP contribution in [0.2, 0.25) is 0 Å². The zero-order valence-electron chi connectivity index (χ0n) is 14.7. The maximum atomic E-state index is 13.2. The van der Waals surface area contributed by atoms with E-state index in [1.54, 1.807) is 4.90 Å². The molecule has 130 valence electrons. The van der Waals surface area contributed by atoms with Gasteiger partial charge in [-0.25, -0.2) is 4.79 Å². The van der Waals surface area contributed by atoms with Gasteiger partial charge >= 0.3 is 6.03 Å². The van der Waals surface area contributed by atoms with Gasteiger partial charge in [0.05, 0.1) is 0 Å². The van der Waals surface area contributed by atoms with E-state index < -0.39 is 0 Å². The monoisotopic (exact) mass is 336 g/mol. The highest BCUT2D eigenvalue weighted by Crippen LogP contribution is 2.34. The van der Waals surface area contributed by atoms with Crippen LogP contribution in [-0.2, 0) is 12.8 Å². The molecule has 0 saturated carbocycles. The lowest BCUT2D eigenvalue weighted by atomic mass is 9.87. The van der Waals surface area contributed by atoms with Crippen molar-refractivity contribution in [3.05, 3.63) is 47.0 Å². The molecule has 1 aliphatic carbocycles. The van der Waals surface area contributed by atoms with Crippen molar-refractivity contribution in [3.63, 3.8) is 0 Å². The first-order valence-corrected chi connectivity index (χ1v) is 9.29. The minimum Gasteiger partial charge on any atom is -0.338 e. The second-order valence-electron chi connectivity index (χ2n) is 7.10. The third-order valence-electron chi connectivity index (χ3n) is 5.55. The number of Topliss-reactive ketones (excluding diaryl/α,β-unsaturated/α-hetero) is 1. The van der Waals surface area contributed by atoms with Crippen LogP contribution in [0.1, 0.15) is 41.3 Å². The van der Waals surface area contributed by atoms with Crippen LogP contribution in [0.15, 0.2) is 30.3 Å². The second kappa shape index (κ2) is 6.51. The number of nitrogens with zero attached hydrogens (tertiary/aromatic N) is 1.